The second-order valence-electron chi connectivity index (χ2n) is 6.74. The molecule has 0 spiro atoms. The van der Waals surface area contributed by atoms with E-state index in [2.05, 4.69) is 31.4 Å². The van der Waals surface area contributed by atoms with Crippen LogP contribution in [0.3, 0.4) is 0 Å². The molecule has 2 heterocycles. The van der Waals surface area contributed by atoms with Crippen LogP contribution in [0.15, 0.2) is 47.2 Å². The zero-order valence-corrected chi connectivity index (χ0v) is 16.9. The maximum Gasteiger partial charge on any atom is 0.235 e. The van der Waals surface area contributed by atoms with Crippen LogP contribution in [0.2, 0.25) is 0 Å². The van der Waals surface area contributed by atoms with Gasteiger partial charge in [-0.25, -0.2) is 4.39 Å². The molecule has 8 heteroatoms. The van der Waals surface area contributed by atoms with Gasteiger partial charge in [-0.3, -0.25) is 14.2 Å². The third-order valence-electron chi connectivity index (χ3n) is 4.25. The number of nitrogens with one attached hydrogen (secondary N) is 1. The average molecular weight is 434 g/mol. The summed E-state index contributed by atoms with van der Waals surface area (Å²) in [6.45, 7) is 4.23. The van der Waals surface area contributed by atoms with Gasteiger partial charge in [-0.05, 0) is 34.0 Å². The number of carbonyl (C=O) groups excluding carboxylic acids is 1. The van der Waals surface area contributed by atoms with Crippen molar-refractivity contribution in [2.75, 3.05) is 5.32 Å². The fraction of sp³-hybridized carbons (Fsp3) is 0.316. The molecule has 0 radical (unpaired) electrons. The zero-order chi connectivity index (χ0) is 19.6. The predicted molar refractivity (Wildman–Crippen MR) is 105 cm³/mol. The number of halogens is 2. The Morgan fingerprint density at radius 3 is 2.63 bits per heavy atom. The number of hydrogen-bond acceptors (Lipinski definition) is 3. The van der Waals surface area contributed by atoms with Crippen LogP contribution in [0.25, 0.3) is 0 Å². The highest BCUT2D eigenvalue weighted by Crippen LogP contribution is 2.27. The Labute approximate surface area is 165 Å². The highest BCUT2D eigenvalue weighted by atomic mass is 79.9. The molecule has 2 aromatic heterocycles. The Morgan fingerprint density at radius 1 is 1.26 bits per heavy atom. The van der Waals surface area contributed by atoms with E-state index in [0.717, 1.165) is 0 Å². The molecule has 1 aromatic carbocycles. The summed E-state index contributed by atoms with van der Waals surface area (Å²) in [5, 5.41) is 11.6. The van der Waals surface area contributed by atoms with Gasteiger partial charge in [-0.15, -0.1) is 0 Å². The van der Waals surface area contributed by atoms with Gasteiger partial charge in [0.25, 0.3) is 0 Å². The summed E-state index contributed by atoms with van der Waals surface area (Å²) < 4.78 is 17.7. The number of rotatable bonds is 6. The van der Waals surface area contributed by atoms with Gasteiger partial charge in [0, 0.05) is 25.0 Å². The minimum atomic E-state index is -0.394. The quantitative estimate of drug-likeness (QED) is 0.639. The molecule has 1 N–H and O–H groups in total. The van der Waals surface area contributed by atoms with Crippen molar-refractivity contribution in [1.29, 1.82) is 0 Å². The summed E-state index contributed by atoms with van der Waals surface area (Å²) in [4.78, 5) is 12.8. The van der Waals surface area contributed by atoms with E-state index in [1.807, 2.05) is 33.2 Å². The Morgan fingerprint density at radius 2 is 2.00 bits per heavy atom. The van der Waals surface area contributed by atoms with Crippen LogP contribution in [0.5, 0.6) is 0 Å². The van der Waals surface area contributed by atoms with E-state index in [1.54, 1.807) is 33.8 Å². The van der Waals surface area contributed by atoms with Gasteiger partial charge in [0.2, 0.25) is 5.91 Å². The number of nitrogens with zero attached hydrogens (tertiary/aromatic N) is 4. The highest BCUT2D eigenvalue weighted by molar-refractivity contribution is 9.10. The van der Waals surface area contributed by atoms with Gasteiger partial charge in [0.05, 0.1) is 22.6 Å². The summed E-state index contributed by atoms with van der Waals surface area (Å²) in [6, 6.07) is 8.39. The second-order valence-corrected chi connectivity index (χ2v) is 7.59. The minimum Gasteiger partial charge on any atom is -0.308 e. The zero-order valence-electron chi connectivity index (χ0n) is 15.4. The van der Waals surface area contributed by atoms with Crippen molar-refractivity contribution in [2.45, 2.75) is 26.3 Å². The molecule has 0 aliphatic carbocycles. The van der Waals surface area contributed by atoms with E-state index in [9.17, 15) is 9.18 Å². The van der Waals surface area contributed by atoms with E-state index >= 15 is 0 Å². The van der Waals surface area contributed by atoms with Gasteiger partial charge >= 0.3 is 0 Å². The number of carbonyl (C=O) groups is 1. The molecule has 0 saturated heterocycles. The lowest BCUT2D eigenvalue weighted by atomic mass is 9.92. The first-order chi connectivity index (χ1) is 12.8. The topological polar surface area (TPSA) is 64.7 Å². The van der Waals surface area contributed by atoms with Crippen LogP contribution in [-0.2, 0) is 18.4 Å². The fourth-order valence-electron chi connectivity index (χ4n) is 2.94. The molecule has 27 heavy (non-hydrogen) atoms. The third kappa shape index (κ3) is 4.44. The lowest BCUT2D eigenvalue weighted by molar-refractivity contribution is -0.118. The van der Waals surface area contributed by atoms with E-state index in [1.165, 1.54) is 6.07 Å². The first-order valence-electron chi connectivity index (χ1n) is 8.62. The largest absolute Gasteiger partial charge is 0.308 e. The van der Waals surface area contributed by atoms with Crippen LogP contribution in [0, 0.1) is 11.7 Å². The van der Waals surface area contributed by atoms with Crippen LogP contribution < -0.4 is 5.32 Å². The Kier molecular flexibility index (Phi) is 5.74. The van der Waals surface area contributed by atoms with Crippen LogP contribution in [0.1, 0.15) is 31.0 Å². The molecular weight excluding hydrogens is 413 g/mol. The molecule has 0 saturated carbocycles. The van der Waals surface area contributed by atoms with Crippen LogP contribution >= 0.6 is 15.9 Å². The molecule has 0 aliphatic heterocycles. The van der Waals surface area contributed by atoms with Gasteiger partial charge in [-0.1, -0.05) is 32.0 Å². The van der Waals surface area contributed by atoms with Crippen molar-refractivity contribution in [3.8, 4) is 0 Å². The Balaban J connectivity index is 1.78. The molecule has 0 aliphatic rings. The average Bonchev–Trinajstić information content (AvgIpc) is 3.15. The molecule has 6 nitrogen and oxygen atoms in total. The molecule has 142 valence electrons. The van der Waals surface area contributed by atoms with E-state index in [0.29, 0.717) is 21.5 Å². The monoisotopic (exact) mass is 433 g/mol. The number of anilines is 1. The first-order valence-corrected chi connectivity index (χ1v) is 9.41. The summed E-state index contributed by atoms with van der Waals surface area (Å²) in [7, 11) is 1.82. The van der Waals surface area contributed by atoms with Gasteiger partial charge in [0.15, 0.2) is 5.82 Å². The third-order valence-corrected chi connectivity index (χ3v) is 4.83. The number of hydrogen-bond donors (Lipinski definition) is 1. The minimum absolute atomic E-state index is 0.0687. The summed E-state index contributed by atoms with van der Waals surface area (Å²) in [5.74, 6) is -0.391. The van der Waals surface area contributed by atoms with Crippen molar-refractivity contribution < 1.29 is 9.18 Å². The summed E-state index contributed by atoms with van der Waals surface area (Å²) >= 11 is 3.41. The standard InChI is InChI=1S/C19H21BrFN5O/c1-12(2)17(16-8-9-25(3)23-16)19(27)22-18-14(20)11-26(24-18)10-13-6-4-5-7-15(13)21/h4-9,11-12,17H,10H2,1-3H3,(H,22,24,27). The molecule has 0 bridgehead atoms. The van der Waals surface area contributed by atoms with Gasteiger partial charge < -0.3 is 5.32 Å². The molecule has 3 aromatic rings. The van der Waals surface area contributed by atoms with Crippen LogP contribution in [0.4, 0.5) is 10.2 Å². The normalized spacial score (nSPS) is 12.4. The Hall–Kier alpha value is -2.48. The second kappa shape index (κ2) is 8.04. The maximum absolute atomic E-state index is 13.8. The van der Waals surface area contributed by atoms with Crippen molar-refractivity contribution >= 4 is 27.7 Å². The molecule has 0 fully saturated rings. The lowest BCUT2D eigenvalue weighted by Gasteiger charge is -2.17. The Bertz CT molecular complexity index is 949. The highest BCUT2D eigenvalue weighted by Gasteiger charge is 2.27. The maximum atomic E-state index is 13.8. The smallest absolute Gasteiger partial charge is 0.235 e. The van der Waals surface area contributed by atoms with Gasteiger partial charge in [-0.2, -0.15) is 10.2 Å². The lowest BCUT2D eigenvalue weighted by Crippen LogP contribution is -2.26. The molecule has 1 unspecified atom stereocenters. The predicted octanol–water partition coefficient (Wildman–Crippen LogP) is 3.94. The summed E-state index contributed by atoms with van der Waals surface area (Å²) in [5.41, 5.74) is 1.24. The van der Waals surface area contributed by atoms with E-state index < -0.39 is 5.92 Å². The molecular formula is C19H21BrFN5O. The SMILES string of the molecule is CC(C)C(C(=O)Nc1nn(Cc2ccccc2F)cc1Br)c1ccn(C)n1. The van der Waals surface area contributed by atoms with Crippen molar-refractivity contribution in [3.05, 3.63) is 64.3 Å². The molecule has 3 rings (SSSR count). The number of amides is 1. The number of aryl methyl sites for hydroxylation is 1. The molecule has 1 atom stereocenters. The number of aromatic nitrogens is 4. The van der Waals surface area contributed by atoms with Crippen molar-refractivity contribution in [2.24, 2.45) is 13.0 Å². The number of benzene rings is 1. The van der Waals surface area contributed by atoms with Crippen molar-refractivity contribution in [1.82, 2.24) is 19.6 Å². The summed E-state index contributed by atoms with van der Waals surface area (Å²) in [6.07, 6.45) is 3.53. The fourth-order valence-corrected chi connectivity index (χ4v) is 3.35. The van der Waals surface area contributed by atoms with E-state index in [-0.39, 0.29) is 24.2 Å². The van der Waals surface area contributed by atoms with Gasteiger partial charge in [0.1, 0.15) is 5.82 Å². The van der Waals surface area contributed by atoms with Crippen LogP contribution in [-0.4, -0.2) is 25.5 Å². The van der Waals surface area contributed by atoms with E-state index in [4.69, 9.17) is 0 Å². The van der Waals surface area contributed by atoms with Crippen molar-refractivity contribution in [3.63, 3.8) is 0 Å². The first kappa shape index (κ1) is 19.3. The molecule has 1 amide bonds.